The minimum Gasteiger partial charge on any atom is -0.352 e. The number of terminal acetylenes is 1. The molecule has 3 rings (SSSR count). The number of halogens is 1. The average molecular weight is 495 g/mol. The molecule has 0 bridgehead atoms. The molecule has 1 heterocycles. The van der Waals surface area contributed by atoms with E-state index in [9.17, 15) is 4.79 Å². The third-order valence-corrected chi connectivity index (χ3v) is 5.35. The van der Waals surface area contributed by atoms with E-state index < -0.39 is 0 Å². The number of guanidine groups is 1. The lowest BCUT2D eigenvalue weighted by molar-refractivity contribution is -0.115. The van der Waals surface area contributed by atoms with Crippen molar-refractivity contribution in [2.45, 2.75) is 44.2 Å². The molecule has 7 heteroatoms. The molecule has 2 fully saturated rings. The molecule has 2 aliphatic rings. The largest absolute Gasteiger partial charge is 0.352 e. The Balaban J connectivity index is 0.00000280. The quantitative estimate of drug-likeness (QED) is 0.254. The monoisotopic (exact) mass is 495 g/mol. The van der Waals surface area contributed by atoms with Crippen LogP contribution in [0, 0.1) is 12.3 Å². The summed E-state index contributed by atoms with van der Waals surface area (Å²) in [5.74, 6) is 3.10. The first-order chi connectivity index (χ1) is 13.2. The van der Waals surface area contributed by atoms with Gasteiger partial charge in [0.2, 0.25) is 5.91 Å². The van der Waals surface area contributed by atoms with E-state index in [0.29, 0.717) is 17.7 Å². The summed E-state index contributed by atoms with van der Waals surface area (Å²) in [6, 6.07) is 8.40. The molecule has 1 saturated carbocycles. The predicted molar refractivity (Wildman–Crippen MR) is 125 cm³/mol. The van der Waals surface area contributed by atoms with Crippen molar-refractivity contribution in [2.75, 3.05) is 32.0 Å². The summed E-state index contributed by atoms with van der Waals surface area (Å²) in [6.45, 7) is 2.35. The zero-order valence-electron chi connectivity index (χ0n) is 16.4. The Morgan fingerprint density at radius 1 is 1.32 bits per heavy atom. The Bertz CT molecular complexity index is 724. The van der Waals surface area contributed by atoms with Gasteiger partial charge in [-0.3, -0.25) is 14.7 Å². The zero-order chi connectivity index (χ0) is 19.1. The van der Waals surface area contributed by atoms with Gasteiger partial charge in [-0.25, -0.2) is 0 Å². The summed E-state index contributed by atoms with van der Waals surface area (Å²) in [5, 5.41) is 9.39. The van der Waals surface area contributed by atoms with Gasteiger partial charge in [-0.15, -0.1) is 30.4 Å². The van der Waals surface area contributed by atoms with E-state index in [1.54, 1.807) is 13.1 Å². The summed E-state index contributed by atoms with van der Waals surface area (Å²) in [6.07, 6.45) is 11.9. The van der Waals surface area contributed by atoms with Crippen molar-refractivity contribution in [3.05, 3.63) is 29.8 Å². The number of amides is 1. The molecule has 1 unspecified atom stereocenters. The van der Waals surface area contributed by atoms with Crippen molar-refractivity contribution in [1.82, 2.24) is 15.5 Å². The van der Waals surface area contributed by atoms with Gasteiger partial charge in [0, 0.05) is 43.5 Å². The van der Waals surface area contributed by atoms with E-state index in [0.717, 1.165) is 31.1 Å². The fourth-order valence-electron chi connectivity index (χ4n) is 3.95. The van der Waals surface area contributed by atoms with Gasteiger partial charge in [-0.05, 0) is 37.5 Å². The average Bonchev–Trinajstić information content (AvgIpc) is 3.37. The van der Waals surface area contributed by atoms with Crippen molar-refractivity contribution in [3.8, 4) is 12.3 Å². The van der Waals surface area contributed by atoms with E-state index >= 15 is 0 Å². The molecule has 1 saturated heterocycles. The van der Waals surface area contributed by atoms with E-state index in [1.165, 1.54) is 25.7 Å². The van der Waals surface area contributed by atoms with Crippen LogP contribution in [0.3, 0.4) is 0 Å². The molecule has 6 nitrogen and oxygen atoms in total. The van der Waals surface area contributed by atoms with Gasteiger partial charge in [-0.2, -0.15) is 0 Å². The van der Waals surface area contributed by atoms with Crippen LogP contribution in [0.4, 0.5) is 5.69 Å². The Morgan fingerprint density at radius 2 is 2.11 bits per heavy atom. The highest BCUT2D eigenvalue weighted by atomic mass is 127. The van der Waals surface area contributed by atoms with Gasteiger partial charge >= 0.3 is 0 Å². The van der Waals surface area contributed by atoms with Crippen LogP contribution in [-0.4, -0.2) is 55.5 Å². The smallest absolute Gasteiger partial charge is 0.243 e. The molecule has 1 aromatic rings. The number of hydrogen-bond donors (Lipinski definition) is 3. The molecular formula is C21H30IN5O. The van der Waals surface area contributed by atoms with E-state index in [-0.39, 0.29) is 36.4 Å². The summed E-state index contributed by atoms with van der Waals surface area (Å²) in [7, 11) is 1.73. The van der Waals surface area contributed by atoms with E-state index in [1.807, 2.05) is 18.2 Å². The minimum absolute atomic E-state index is 0. The van der Waals surface area contributed by atoms with E-state index in [2.05, 4.69) is 31.8 Å². The van der Waals surface area contributed by atoms with Crippen LogP contribution in [0.1, 0.15) is 37.7 Å². The van der Waals surface area contributed by atoms with Crippen molar-refractivity contribution < 1.29 is 4.79 Å². The molecule has 0 radical (unpaired) electrons. The molecule has 1 atom stereocenters. The summed E-state index contributed by atoms with van der Waals surface area (Å²) in [4.78, 5) is 19.0. The number of anilines is 1. The molecular weight excluding hydrogens is 465 g/mol. The fraction of sp³-hybridized carbons (Fsp3) is 0.524. The third-order valence-electron chi connectivity index (χ3n) is 5.35. The van der Waals surface area contributed by atoms with Gasteiger partial charge in [-0.1, -0.05) is 24.8 Å². The number of hydrogen-bond acceptors (Lipinski definition) is 3. The maximum absolute atomic E-state index is 12.2. The number of nitrogens with zero attached hydrogens (tertiary/aromatic N) is 2. The second-order valence-electron chi connectivity index (χ2n) is 7.26. The molecule has 0 spiro atoms. The van der Waals surface area contributed by atoms with Crippen LogP contribution in [0.25, 0.3) is 0 Å². The second-order valence-corrected chi connectivity index (χ2v) is 7.26. The van der Waals surface area contributed by atoms with Gasteiger partial charge in [0.1, 0.15) is 0 Å². The van der Waals surface area contributed by atoms with E-state index in [4.69, 9.17) is 6.42 Å². The first kappa shape index (κ1) is 22.5. The number of benzene rings is 1. The lowest BCUT2D eigenvalue weighted by Crippen LogP contribution is -2.47. The summed E-state index contributed by atoms with van der Waals surface area (Å²) in [5.41, 5.74) is 1.44. The highest BCUT2D eigenvalue weighted by molar-refractivity contribution is 14.0. The maximum atomic E-state index is 12.2. The standard InChI is InChI=1S/C21H29N5O.HI/c1-3-16-7-6-8-17(13-16)24-20(27)14-23-21(22-2)25-18-11-12-26(15-18)19-9-4-5-10-19;/h1,6-8,13,18-19H,4-5,9-12,14-15H2,2H3,(H,24,27)(H2,22,23,25);1H. The molecule has 1 aliphatic carbocycles. The van der Waals surface area contributed by atoms with Crippen LogP contribution in [0.5, 0.6) is 0 Å². The maximum Gasteiger partial charge on any atom is 0.243 e. The fourth-order valence-corrected chi connectivity index (χ4v) is 3.95. The normalized spacial score (nSPS) is 20.3. The molecule has 1 amide bonds. The molecule has 152 valence electrons. The Labute approximate surface area is 185 Å². The van der Waals surface area contributed by atoms with Gasteiger partial charge in [0.05, 0.1) is 6.54 Å². The van der Waals surface area contributed by atoms with Crippen molar-refractivity contribution in [2.24, 2.45) is 4.99 Å². The first-order valence-electron chi connectivity index (χ1n) is 9.75. The van der Waals surface area contributed by atoms with Crippen LogP contribution in [-0.2, 0) is 4.79 Å². The molecule has 1 aromatic carbocycles. The lowest BCUT2D eigenvalue weighted by atomic mass is 10.2. The number of rotatable bonds is 5. The zero-order valence-corrected chi connectivity index (χ0v) is 18.7. The Hall–Kier alpha value is -1.79. The first-order valence-corrected chi connectivity index (χ1v) is 9.75. The van der Waals surface area contributed by atoms with Crippen molar-refractivity contribution in [3.63, 3.8) is 0 Å². The number of likely N-dealkylation sites (tertiary alicyclic amines) is 1. The molecule has 0 aromatic heterocycles. The Morgan fingerprint density at radius 3 is 2.82 bits per heavy atom. The van der Waals surface area contributed by atoms with Crippen LogP contribution < -0.4 is 16.0 Å². The highest BCUT2D eigenvalue weighted by Gasteiger charge is 2.30. The minimum atomic E-state index is -0.133. The lowest BCUT2D eigenvalue weighted by Gasteiger charge is -2.24. The van der Waals surface area contributed by atoms with Crippen LogP contribution >= 0.6 is 24.0 Å². The molecule has 3 N–H and O–H groups in total. The van der Waals surface area contributed by atoms with Crippen molar-refractivity contribution >= 4 is 41.5 Å². The van der Waals surface area contributed by atoms with Crippen LogP contribution in [0.2, 0.25) is 0 Å². The van der Waals surface area contributed by atoms with Gasteiger partial charge in [0.25, 0.3) is 0 Å². The van der Waals surface area contributed by atoms with Gasteiger partial charge in [0.15, 0.2) is 5.96 Å². The Kier molecular flexibility index (Phi) is 9.06. The number of carbonyl (C=O) groups excluding carboxylic acids is 1. The highest BCUT2D eigenvalue weighted by Crippen LogP contribution is 2.26. The van der Waals surface area contributed by atoms with Crippen molar-refractivity contribution in [1.29, 1.82) is 0 Å². The SMILES string of the molecule is C#Cc1cccc(NC(=O)CNC(=NC)NC2CCN(C3CCCC3)C2)c1.I. The molecule has 1 aliphatic heterocycles. The van der Waals surface area contributed by atoms with Gasteiger partial charge < -0.3 is 16.0 Å². The van der Waals surface area contributed by atoms with Crippen LogP contribution in [0.15, 0.2) is 29.3 Å². The number of carbonyl (C=O) groups is 1. The number of aliphatic imine (C=N–C) groups is 1. The third kappa shape index (κ3) is 6.38. The second kappa shape index (κ2) is 11.3. The topological polar surface area (TPSA) is 68.8 Å². The molecule has 28 heavy (non-hydrogen) atoms. The predicted octanol–water partition coefficient (Wildman–Crippen LogP) is 2.41. The number of nitrogens with one attached hydrogen (secondary N) is 3. The summed E-state index contributed by atoms with van der Waals surface area (Å²) < 4.78 is 0. The summed E-state index contributed by atoms with van der Waals surface area (Å²) >= 11 is 0.